The van der Waals surface area contributed by atoms with Crippen molar-refractivity contribution in [2.24, 2.45) is 0 Å². The van der Waals surface area contributed by atoms with Gasteiger partial charge in [0.15, 0.2) is 0 Å². The SMILES string of the molecule is ClC(Cl)C12c3c4c5c6c7c8c9c%10c(c1c1c%11c2c2c%12c3c5c3c5c6c6c7c7c9c9c%13c%10c1c1c%10c%11c%11c2c2c%12c3c3c5c5c6c6c7c9c7c(c%131)c1c%10c%11c9c2c3c2c9c1c7c6c52)C48Cl. The Kier molecular flexibility index (Phi) is 1.93. The van der Waals surface area contributed by atoms with E-state index in [1.165, 1.54) is 114 Å². The molecular weight excluding hydrogens is 839 g/mol. The van der Waals surface area contributed by atoms with Crippen molar-refractivity contribution in [1.29, 1.82) is 0 Å². The molecule has 3 heteroatoms. The van der Waals surface area contributed by atoms with E-state index in [1.807, 2.05) is 0 Å². The molecule has 0 saturated heterocycles. The Bertz CT molecular complexity index is 7030. The third kappa shape index (κ3) is 1.18. The molecule has 0 heterocycles. The third-order valence-corrected chi connectivity index (χ3v) is 24.8. The van der Waals surface area contributed by atoms with E-state index in [0.29, 0.717) is 0 Å². The lowest BCUT2D eigenvalue weighted by Crippen LogP contribution is -2.44. The van der Waals surface area contributed by atoms with Crippen LogP contribution in [0.4, 0.5) is 0 Å². The summed E-state index contributed by atoms with van der Waals surface area (Å²) in [7, 11) is 0. The molecule has 0 amide bonds. The fourth-order valence-corrected chi connectivity index (χ4v) is 24.8. The molecule has 0 fully saturated rings. The summed E-state index contributed by atoms with van der Waals surface area (Å²) >= 11 is 25.7. The van der Waals surface area contributed by atoms with Crippen LogP contribution in [-0.4, -0.2) is 4.84 Å². The summed E-state index contributed by atoms with van der Waals surface area (Å²) in [5.41, 5.74) is 7.68. The van der Waals surface area contributed by atoms with Crippen molar-refractivity contribution in [3.05, 3.63) is 33.4 Å². The van der Waals surface area contributed by atoms with Crippen molar-refractivity contribution in [3.63, 3.8) is 0 Å². The highest BCUT2D eigenvalue weighted by molar-refractivity contribution is 6.82. The number of hydrogen-bond donors (Lipinski definition) is 0. The van der Waals surface area contributed by atoms with Crippen LogP contribution in [0, 0.1) is 0 Å². The second kappa shape index (κ2) is 5.19. The number of benzene rings is 17. The van der Waals surface area contributed by atoms with Crippen molar-refractivity contribution >= 4 is 315 Å². The molecule has 0 aromatic heterocycles. The summed E-state index contributed by atoms with van der Waals surface area (Å²) in [6.07, 6.45) is 0. The van der Waals surface area contributed by atoms with Crippen LogP contribution in [-0.2, 0) is 10.3 Å². The Morgan fingerprint density at radius 2 is 0.312 bits per heavy atom. The Morgan fingerprint density at radius 1 is 0.172 bits per heavy atom. The maximum absolute atomic E-state index is 9.33. The van der Waals surface area contributed by atoms with E-state index in [2.05, 4.69) is 0 Å². The first-order valence-electron chi connectivity index (χ1n) is 23.4. The molecule has 27 aromatic carbocycles. The molecule has 0 bridgehead atoms. The van der Waals surface area contributed by atoms with Gasteiger partial charge in [0, 0.05) is 0 Å². The summed E-state index contributed by atoms with van der Waals surface area (Å²) in [4.78, 5) is -1.54. The normalized spacial score (nSPS) is 22.9. The lowest BCUT2D eigenvalue weighted by molar-refractivity contribution is 0.647. The molecule has 32 rings (SSSR count). The van der Waals surface area contributed by atoms with Crippen LogP contribution in [0.2, 0.25) is 0 Å². The molecule has 5 aliphatic carbocycles. The zero-order valence-corrected chi connectivity index (χ0v) is 34.0. The highest BCUT2D eigenvalue weighted by Gasteiger charge is 2.67. The average Bonchev–Trinajstić information content (AvgIpc) is 4.13. The summed E-state index contributed by atoms with van der Waals surface area (Å²) in [5.74, 6) is 0. The van der Waals surface area contributed by atoms with Crippen LogP contribution in [0.25, 0.3) is 280 Å². The second-order valence-corrected chi connectivity index (χ2v) is 25.2. The van der Waals surface area contributed by atoms with Crippen LogP contribution in [0.5, 0.6) is 0 Å². The fourth-order valence-electron chi connectivity index (χ4n) is 23.5. The standard InChI is InChI=1S/C61HCl3/c62-59(63)60-53-45-36-29-16-9-3-4-6-2-1-5(3)14(16)20-18-7(1)11-8(2)19-21-15(6)17-10(4)13-12(9)23-31-24(13)33-30(17)37-35(21)39-26(19)28-22(11)27-25(18)38(34(20)36)49(53)51-40(27)41(28)52-50(39)54-46(37)43(33)48-44(31)47(42(45)32(23)29)55(60)57(48)61(54,64)58(52)56(51)60/h59H. The summed E-state index contributed by atoms with van der Waals surface area (Å²) in [6, 6.07) is 0. The minimum absolute atomic E-state index is 0.696. The molecule has 0 nitrogen and oxygen atoms in total. The van der Waals surface area contributed by atoms with Crippen LogP contribution in [0.3, 0.4) is 0 Å². The van der Waals surface area contributed by atoms with Gasteiger partial charge < -0.3 is 0 Å². The van der Waals surface area contributed by atoms with E-state index in [-0.39, 0.29) is 0 Å². The highest BCUT2D eigenvalue weighted by atomic mass is 35.5. The Labute approximate surface area is 361 Å². The van der Waals surface area contributed by atoms with Crippen LogP contribution < -0.4 is 0 Å². The van der Waals surface area contributed by atoms with Gasteiger partial charge in [-0.15, -0.1) is 34.8 Å². The molecule has 0 radical (unpaired) electrons. The van der Waals surface area contributed by atoms with E-state index in [9.17, 15) is 11.6 Å². The predicted molar refractivity (Wildman–Crippen MR) is 274 cm³/mol. The quantitative estimate of drug-likeness (QED) is 0.114. The first-order valence-corrected chi connectivity index (χ1v) is 24.7. The smallest absolute Gasteiger partial charge is 0.104 e. The lowest BCUT2D eigenvalue weighted by Gasteiger charge is -2.47. The van der Waals surface area contributed by atoms with Crippen molar-refractivity contribution < 1.29 is 0 Å². The molecule has 27 aromatic rings. The molecule has 0 aliphatic heterocycles. The number of halogens is 3. The van der Waals surface area contributed by atoms with E-state index in [0.717, 1.165) is 0 Å². The van der Waals surface area contributed by atoms with Gasteiger partial charge in [-0.2, -0.15) is 0 Å². The van der Waals surface area contributed by atoms with Gasteiger partial charge in [-0.3, -0.25) is 0 Å². The zero-order valence-electron chi connectivity index (χ0n) is 31.7. The van der Waals surface area contributed by atoms with Crippen LogP contribution in [0.1, 0.15) is 33.4 Å². The maximum atomic E-state index is 9.33. The first-order chi connectivity index (χ1) is 31.7. The van der Waals surface area contributed by atoms with Gasteiger partial charge in [-0.1, -0.05) is 0 Å². The third-order valence-electron chi connectivity index (χ3n) is 23.5. The largest absolute Gasteiger partial charge is 0.125 e. The minimum Gasteiger partial charge on any atom is -0.104 e. The molecule has 64 heavy (non-hydrogen) atoms. The second-order valence-electron chi connectivity index (χ2n) is 23.5. The fraction of sp³-hybridized carbons (Fsp3) is 0.0492. The average molecular weight is 840 g/mol. The van der Waals surface area contributed by atoms with Gasteiger partial charge in [0.1, 0.15) is 9.71 Å². The van der Waals surface area contributed by atoms with Gasteiger partial charge in [0.2, 0.25) is 0 Å². The Hall–Kier alpha value is -6.67. The van der Waals surface area contributed by atoms with Crippen LogP contribution >= 0.6 is 34.8 Å². The van der Waals surface area contributed by atoms with Gasteiger partial charge in [-0.05, 0) is 313 Å². The highest BCUT2D eigenvalue weighted by Crippen LogP contribution is 2.85. The van der Waals surface area contributed by atoms with Crippen LogP contribution in [0.15, 0.2) is 0 Å². The van der Waals surface area contributed by atoms with Gasteiger partial charge in [-0.25, -0.2) is 0 Å². The molecule has 0 N–H and O–H groups in total. The molecule has 266 valence electrons. The van der Waals surface area contributed by atoms with E-state index < -0.39 is 15.1 Å². The molecule has 2 unspecified atom stereocenters. The van der Waals surface area contributed by atoms with Crippen molar-refractivity contribution in [1.82, 2.24) is 0 Å². The maximum Gasteiger partial charge on any atom is 0.125 e. The summed E-state index contributed by atoms with van der Waals surface area (Å²) in [6.45, 7) is 0. The summed E-state index contributed by atoms with van der Waals surface area (Å²) in [5, 5.41) is 81.0. The van der Waals surface area contributed by atoms with E-state index in [4.69, 9.17) is 23.2 Å². The van der Waals surface area contributed by atoms with Gasteiger partial charge >= 0.3 is 0 Å². The van der Waals surface area contributed by atoms with Gasteiger partial charge in [0.05, 0.1) is 5.41 Å². The minimum atomic E-state index is -0.839. The van der Waals surface area contributed by atoms with Crippen molar-refractivity contribution in [3.8, 4) is 0 Å². The molecule has 5 aliphatic rings. The number of rotatable bonds is 1. The van der Waals surface area contributed by atoms with Crippen molar-refractivity contribution in [2.75, 3.05) is 0 Å². The Morgan fingerprint density at radius 3 is 0.578 bits per heavy atom. The first kappa shape index (κ1) is 23.9. The molecule has 0 saturated carbocycles. The molecule has 2 atom stereocenters. The topological polar surface area (TPSA) is 0 Å². The zero-order chi connectivity index (χ0) is 38.1. The number of alkyl halides is 3. The van der Waals surface area contributed by atoms with E-state index >= 15 is 0 Å². The van der Waals surface area contributed by atoms with E-state index in [1.54, 1.807) is 199 Å². The molecule has 0 spiro atoms. The van der Waals surface area contributed by atoms with Crippen molar-refractivity contribution in [2.45, 2.75) is 15.1 Å². The lowest BCUT2D eigenvalue weighted by atomic mass is 9.59. The molecular formula is C61HCl3. The summed E-state index contributed by atoms with van der Waals surface area (Å²) < 4.78 is 0. The monoisotopic (exact) mass is 838 g/mol. The predicted octanol–water partition coefficient (Wildman–Crippen LogP) is 18.0. The number of hydrogen-bond acceptors (Lipinski definition) is 0. The van der Waals surface area contributed by atoms with Gasteiger partial charge in [0.25, 0.3) is 0 Å². The Balaban J connectivity index is 1.30.